The summed E-state index contributed by atoms with van der Waals surface area (Å²) >= 11 is 0. The fraction of sp³-hybridized carbons (Fsp3) is 0.200. The Labute approximate surface area is 80.7 Å². The quantitative estimate of drug-likeness (QED) is 0.672. The van der Waals surface area contributed by atoms with Crippen molar-refractivity contribution in [1.29, 1.82) is 0 Å². The molecule has 1 heterocycles. The van der Waals surface area contributed by atoms with Gasteiger partial charge in [-0.1, -0.05) is 6.07 Å². The van der Waals surface area contributed by atoms with Gasteiger partial charge in [0.1, 0.15) is 5.75 Å². The van der Waals surface area contributed by atoms with Crippen LogP contribution in [-0.2, 0) is 7.05 Å². The standard InChI is InChI=1S/C10H10N2O2/c1-12-10(13)7-4-3-5-9(14-2)8(7)6-11-12/h3-6H,1-2H3. The fourth-order valence-electron chi connectivity index (χ4n) is 1.41. The molecule has 1 aromatic carbocycles. The third-order valence-electron chi connectivity index (χ3n) is 2.17. The van der Waals surface area contributed by atoms with Gasteiger partial charge in [0, 0.05) is 12.4 Å². The molecule has 0 aliphatic rings. The molecule has 0 amide bonds. The number of rotatable bonds is 1. The van der Waals surface area contributed by atoms with Gasteiger partial charge in [0.25, 0.3) is 5.56 Å². The van der Waals surface area contributed by atoms with Crippen molar-refractivity contribution in [2.45, 2.75) is 0 Å². The average Bonchev–Trinajstić information content (AvgIpc) is 2.23. The Bertz CT molecular complexity index is 531. The van der Waals surface area contributed by atoms with E-state index in [1.807, 2.05) is 6.07 Å². The predicted octanol–water partition coefficient (Wildman–Crippen LogP) is 0.942. The van der Waals surface area contributed by atoms with Gasteiger partial charge < -0.3 is 4.74 Å². The molecule has 2 aromatic rings. The highest BCUT2D eigenvalue weighted by Gasteiger charge is 2.04. The largest absolute Gasteiger partial charge is 0.496 e. The molecule has 0 aliphatic heterocycles. The van der Waals surface area contributed by atoms with Gasteiger partial charge in [-0.3, -0.25) is 4.79 Å². The predicted molar refractivity (Wildman–Crippen MR) is 53.5 cm³/mol. The van der Waals surface area contributed by atoms with Gasteiger partial charge in [-0.15, -0.1) is 0 Å². The minimum Gasteiger partial charge on any atom is -0.496 e. The van der Waals surface area contributed by atoms with Crippen molar-refractivity contribution in [3.8, 4) is 5.75 Å². The summed E-state index contributed by atoms with van der Waals surface area (Å²) in [6.45, 7) is 0. The maximum atomic E-state index is 11.6. The number of ether oxygens (including phenoxy) is 1. The summed E-state index contributed by atoms with van der Waals surface area (Å²) in [6, 6.07) is 5.37. The molecule has 0 saturated carbocycles. The molecule has 0 bridgehead atoms. The number of hydrogen-bond acceptors (Lipinski definition) is 3. The first kappa shape index (κ1) is 8.74. The average molecular weight is 190 g/mol. The number of benzene rings is 1. The highest BCUT2D eigenvalue weighted by Crippen LogP contribution is 2.21. The van der Waals surface area contributed by atoms with Crippen molar-refractivity contribution in [3.63, 3.8) is 0 Å². The van der Waals surface area contributed by atoms with Crippen molar-refractivity contribution in [3.05, 3.63) is 34.7 Å². The van der Waals surface area contributed by atoms with Crippen LogP contribution in [-0.4, -0.2) is 16.9 Å². The zero-order valence-corrected chi connectivity index (χ0v) is 8.02. The summed E-state index contributed by atoms with van der Waals surface area (Å²) in [5.74, 6) is 0.674. The number of aryl methyl sites for hydroxylation is 1. The Kier molecular flexibility index (Phi) is 1.96. The fourth-order valence-corrected chi connectivity index (χ4v) is 1.41. The van der Waals surface area contributed by atoms with Gasteiger partial charge in [-0.2, -0.15) is 5.10 Å². The number of nitrogens with zero attached hydrogens (tertiary/aromatic N) is 2. The third-order valence-corrected chi connectivity index (χ3v) is 2.17. The Morgan fingerprint density at radius 2 is 2.14 bits per heavy atom. The lowest BCUT2D eigenvalue weighted by Crippen LogP contribution is -2.18. The SMILES string of the molecule is COc1cccc2c(=O)n(C)ncc12. The first-order valence-electron chi connectivity index (χ1n) is 4.23. The first-order chi connectivity index (χ1) is 6.74. The molecule has 0 N–H and O–H groups in total. The summed E-state index contributed by atoms with van der Waals surface area (Å²) in [5.41, 5.74) is -0.110. The van der Waals surface area contributed by atoms with Crippen molar-refractivity contribution < 1.29 is 4.74 Å². The van der Waals surface area contributed by atoms with Crippen LogP contribution in [0.3, 0.4) is 0 Å². The second kappa shape index (κ2) is 3.14. The molecule has 14 heavy (non-hydrogen) atoms. The van der Waals surface area contributed by atoms with Crippen LogP contribution in [0.2, 0.25) is 0 Å². The Morgan fingerprint density at radius 3 is 2.86 bits per heavy atom. The monoisotopic (exact) mass is 190 g/mol. The van der Waals surface area contributed by atoms with E-state index in [4.69, 9.17) is 4.74 Å². The molecule has 2 rings (SSSR count). The molecular weight excluding hydrogens is 180 g/mol. The molecule has 0 spiro atoms. The van der Waals surface area contributed by atoms with E-state index in [2.05, 4.69) is 5.10 Å². The molecule has 4 nitrogen and oxygen atoms in total. The molecule has 0 fully saturated rings. The number of fused-ring (bicyclic) bond motifs is 1. The van der Waals surface area contributed by atoms with Gasteiger partial charge in [0.05, 0.1) is 18.7 Å². The zero-order chi connectivity index (χ0) is 10.1. The van der Waals surface area contributed by atoms with Gasteiger partial charge in [-0.25, -0.2) is 4.68 Å². The van der Waals surface area contributed by atoms with Crippen LogP contribution < -0.4 is 10.3 Å². The second-order valence-electron chi connectivity index (χ2n) is 2.99. The third kappa shape index (κ3) is 1.16. The van der Waals surface area contributed by atoms with Gasteiger partial charge >= 0.3 is 0 Å². The van der Waals surface area contributed by atoms with Crippen molar-refractivity contribution in [2.24, 2.45) is 7.05 Å². The van der Waals surface area contributed by atoms with Gasteiger partial charge in [0.2, 0.25) is 0 Å². The summed E-state index contributed by atoms with van der Waals surface area (Å²) in [6.07, 6.45) is 1.63. The van der Waals surface area contributed by atoms with Gasteiger partial charge in [-0.05, 0) is 12.1 Å². The molecule has 72 valence electrons. The van der Waals surface area contributed by atoms with Crippen LogP contribution in [0.5, 0.6) is 5.75 Å². The van der Waals surface area contributed by atoms with E-state index in [0.29, 0.717) is 11.1 Å². The molecule has 4 heteroatoms. The van der Waals surface area contributed by atoms with E-state index in [1.165, 1.54) is 4.68 Å². The van der Waals surface area contributed by atoms with E-state index in [-0.39, 0.29) is 5.56 Å². The lowest BCUT2D eigenvalue weighted by molar-refractivity contribution is 0.419. The van der Waals surface area contributed by atoms with Crippen LogP contribution in [0.15, 0.2) is 29.2 Å². The highest BCUT2D eigenvalue weighted by atomic mass is 16.5. The molecule has 0 saturated heterocycles. The molecule has 0 radical (unpaired) electrons. The van der Waals surface area contributed by atoms with Crippen molar-refractivity contribution in [1.82, 2.24) is 9.78 Å². The van der Waals surface area contributed by atoms with Crippen LogP contribution in [0, 0.1) is 0 Å². The lowest BCUT2D eigenvalue weighted by atomic mass is 10.2. The van der Waals surface area contributed by atoms with E-state index in [0.717, 1.165) is 5.39 Å². The number of aromatic nitrogens is 2. The second-order valence-corrected chi connectivity index (χ2v) is 2.99. The van der Waals surface area contributed by atoms with E-state index >= 15 is 0 Å². The summed E-state index contributed by atoms with van der Waals surface area (Å²) in [4.78, 5) is 11.6. The smallest absolute Gasteiger partial charge is 0.274 e. The number of hydrogen-bond donors (Lipinski definition) is 0. The molecule has 0 aliphatic carbocycles. The maximum absolute atomic E-state index is 11.6. The molecular formula is C10H10N2O2. The Morgan fingerprint density at radius 1 is 1.36 bits per heavy atom. The first-order valence-corrected chi connectivity index (χ1v) is 4.23. The van der Waals surface area contributed by atoms with E-state index in [9.17, 15) is 4.79 Å². The van der Waals surface area contributed by atoms with E-state index in [1.54, 1.807) is 32.5 Å². The summed E-state index contributed by atoms with van der Waals surface area (Å²) in [5, 5.41) is 5.31. The highest BCUT2D eigenvalue weighted by molar-refractivity contribution is 5.86. The number of methoxy groups -OCH3 is 1. The van der Waals surface area contributed by atoms with Crippen molar-refractivity contribution in [2.75, 3.05) is 7.11 Å². The zero-order valence-electron chi connectivity index (χ0n) is 8.02. The molecule has 1 aromatic heterocycles. The van der Waals surface area contributed by atoms with Crippen molar-refractivity contribution >= 4 is 10.8 Å². The maximum Gasteiger partial charge on any atom is 0.274 e. The molecule has 0 unspecified atom stereocenters. The van der Waals surface area contributed by atoms with Crippen LogP contribution >= 0.6 is 0 Å². The summed E-state index contributed by atoms with van der Waals surface area (Å²) in [7, 11) is 3.20. The lowest BCUT2D eigenvalue weighted by Gasteiger charge is -2.04. The van der Waals surface area contributed by atoms with E-state index < -0.39 is 0 Å². The molecule has 0 atom stereocenters. The normalized spacial score (nSPS) is 10.4. The summed E-state index contributed by atoms with van der Waals surface area (Å²) < 4.78 is 6.44. The minimum atomic E-state index is -0.110. The van der Waals surface area contributed by atoms with Crippen LogP contribution in [0.25, 0.3) is 10.8 Å². The van der Waals surface area contributed by atoms with Gasteiger partial charge in [0.15, 0.2) is 0 Å². The Hall–Kier alpha value is -1.84. The van der Waals surface area contributed by atoms with Crippen LogP contribution in [0.1, 0.15) is 0 Å². The topological polar surface area (TPSA) is 44.1 Å². The van der Waals surface area contributed by atoms with Crippen LogP contribution in [0.4, 0.5) is 0 Å². The minimum absolute atomic E-state index is 0.110. The Balaban J connectivity index is 2.93.